The molecule has 0 saturated carbocycles. The van der Waals surface area contributed by atoms with Crippen LogP contribution < -0.4 is 19.9 Å². The summed E-state index contributed by atoms with van der Waals surface area (Å²) in [5.74, 6) is 2.55. The lowest BCUT2D eigenvalue weighted by Crippen LogP contribution is -2.02. The summed E-state index contributed by atoms with van der Waals surface area (Å²) < 4.78 is 16.2. The van der Waals surface area contributed by atoms with Gasteiger partial charge >= 0.3 is 0 Å². The number of rotatable bonds is 5. The number of hydrogen-bond acceptors (Lipinski definition) is 5. The van der Waals surface area contributed by atoms with E-state index in [0.29, 0.717) is 35.2 Å². The fourth-order valence-electron chi connectivity index (χ4n) is 1.64. The van der Waals surface area contributed by atoms with E-state index in [2.05, 4.69) is 4.98 Å². The molecule has 0 saturated heterocycles. The zero-order chi connectivity index (χ0) is 13.7. The van der Waals surface area contributed by atoms with E-state index in [0.717, 1.165) is 0 Å². The van der Waals surface area contributed by atoms with Crippen molar-refractivity contribution in [3.63, 3.8) is 0 Å². The maximum Gasteiger partial charge on any atom is 0.150 e. The number of aromatic nitrogens is 1. The molecule has 0 aliphatic carbocycles. The molecule has 0 spiro atoms. The van der Waals surface area contributed by atoms with Crippen molar-refractivity contribution in [1.82, 2.24) is 4.98 Å². The van der Waals surface area contributed by atoms with Crippen LogP contribution in [0.1, 0.15) is 5.69 Å². The third-order valence-corrected chi connectivity index (χ3v) is 2.59. The van der Waals surface area contributed by atoms with Crippen molar-refractivity contribution < 1.29 is 14.2 Å². The number of methoxy groups -OCH3 is 2. The number of nitrogens with zero attached hydrogens (tertiary/aromatic N) is 1. The summed E-state index contributed by atoms with van der Waals surface area (Å²) in [5.41, 5.74) is 6.32. The maximum absolute atomic E-state index is 5.78. The summed E-state index contributed by atoms with van der Waals surface area (Å²) in [7, 11) is 3.18. The van der Waals surface area contributed by atoms with Gasteiger partial charge in [-0.25, -0.2) is 0 Å². The number of hydrogen-bond donors (Lipinski definition) is 1. The van der Waals surface area contributed by atoms with Crippen LogP contribution in [0.3, 0.4) is 0 Å². The third-order valence-electron chi connectivity index (χ3n) is 2.59. The average molecular weight is 260 g/mol. The highest BCUT2D eigenvalue weighted by atomic mass is 16.5. The molecule has 1 aromatic carbocycles. The first-order chi connectivity index (χ1) is 9.26. The minimum absolute atomic E-state index is 0.317. The summed E-state index contributed by atoms with van der Waals surface area (Å²) in [4.78, 5) is 4.17. The first-order valence-electron chi connectivity index (χ1n) is 5.81. The van der Waals surface area contributed by atoms with Gasteiger partial charge in [0.15, 0.2) is 0 Å². The lowest BCUT2D eigenvalue weighted by molar-refractivity contribution is 0.386. The number of ether oxygens (including phenoxy) is 3. The van der Waals surface area contributed by atoms with Crippen LogP contribution in [-0.4, -0.2) is 19.2 Å². The Labute approximate surface area is 111 Å². The molecule has 2 aromatic rings. The largest absolute Gasteiger partial charge is 0.496 e. The van der Waals surface area contributed by atoms with Gasteiger partial charge in [0.25, 0.3) is 0 Å². The average Bonchev–Trinajstić information content (AvgIpc) is 2.47. The van der Waals surface area contributed by atoms with E-state index < -0.39 is 0 Å². The van der Waals surface area contributed by atoms with E-state index in [1.807, 2.05) is 6.07 Å². The molecule has 5 nitrogen and oxygen atoms in total. The summed E-state index contributed by atoms with van der Waals surface area (Å²) in [5, 5.41) is 0. The predicted molar refractivity (Wildman–Crippen MR) is 71.7 cm³/mol. The van der Waals surface area contributed by atoms with Crippen molar-refractivity contribution in [2.45, 2.75) is 6.54 Å². The summed E-state index contributed by atoms with van der Waals surface area (Å²) >= 11 is 0. The molecule has 0 aliphatic heterocycles. The van der Waals surface area contributed by atoms with Crippen molar-refractivity contribution >= 4 is 0 Å². The molecule has 2 N–H and O–H groups in total. The molecule has 0 radical (unpaired) electrons. The van der Waals surface area contributed by atoms with Gasteiger partial charge in [0.05, 0.1) is 19.9 Å². The summed E-state index contributed by atoms with van der Waals surface area (Å²) in [6.07, 6.45) is 1.68. The standard InChI is InChI=1S/C14H16N2O3/c1-17-10-6-11(18-2)8-12(7-10)19-14-4-3-5-16-13(14)9-15/h3-8H,9,15H2,1-2H3. The molecule has 0 unspecified atom stereocenters. The highest BCUT2D eigenvalue weighted by Crippen LogP contribution is 2.31. The van der Waals surface area contributed by atoms with E-state index in [4.69, 9.17) is 19.9 Å². The van der Waals surface area contributed by atoms with E-state index in [-0.39, 0.29) is 0 Å². The highest BCUT2D eigenvalue weighted by molar-refractivity contribution is 5.44. The smallest absolute Gasteiger partial charge is 0.150 e. The Hall–Kier alpha value is -2.27. The lowest BCUT2D eigenvalue weighted by Gasteiger charge is -2.11. The van der Waals surface area contributed by atoms with Crippen molar-refractivity contribution in [1.29, 1.82) is 0 Å². The Morgan fingerprint density at radius 1 is 1.05 bits per heavy atom. The molecule has 0 bridgehead atoms. The maximum atomic E-state index is 5.78. The normalized spacial score (nSPS) is 10.1. The van der Waals surface area contributed by atoms with E-state index in [1.54, 1.807) is 44.7 Å². The van der Waals surface area contributed by atoms with Crippen molar-refractivity contribution in [3.8, 4) is 23.0 Å². The van der Waals surface area contributed by atoms with Crippen molar-refractivity contribution in [2.24, 2.45) is 5.73 Å². The van der Waals surface area contributed by atoms with Gasteiger partial charge in [-0.15, -0.1) is 0 Å². The van der Waals surface area contributed by atoms with Gasteiger partial charge in [0, 0.05) is 30.9 Å². The number of nitrogens with two attached hydrogens (primary N) is 1. The van der Waals surface area contributed by atoms with Gasteiger partial charge in [-0.3, -0.25) is 4.98 Å². The van der Waals surface area contributed by atoms with E-state index in [9.17, 15) is 0 Å². The molecule has 5 heteroatoms. The molecule has 0 atom stereocenters. The van der Waals surface area contributed by atoms with Crippen LogP contribution in [0.15, 0.2) is 36.5 Å². The zero-order valence-corrected chi connectivity index (χ0v) is 10.9. The second kappa shape index (κ2) is 6.06. The fraction of sp³-hybridized carbons (Fsp3) is 0.214. The molecule has 100 valence electrons. The van der Waals surface area contributed by atoms with Gasteiger partial charge in [0.1, 0.15) is 23.0 Å². The first-order valence-corrected chi connectivity index (χ1v) is 5.81. The summed E-state index contributed by atoms with van der Waals surface area (Å²) in [6, 6.07) is 8.94. The molecule has 2 rings (SSSR count). The van der Waals surface area contributed by atoms with Gasteiger partial charge in [-0.2, -0.15) is 0 Å². The number of pyridine rings is 1. The first kappa shape index (κ1) is 13.2. The van der Waals surface area contributed by atoms with Gasteiger partial charge < -0.3 is 19.9 Å². The molecule has 0 fully saturated rings. The monoisotopic (exact) mass is 260 g/mol. The van der Waals surface area contributed by atoms with Crippen LogP contribution >= 0.6 is 0 Å². The van der Waals surface area contributed by atoms with Gasteiger partial charge in [-0.05, 0) is 12.1 Å². The number of benzene rings is 1. The summed E-state index contributed by atoms with van der Waals surface area (Å²) in [6.45, 7) is 0.317. The van der Waals surface area contributed by atoms with Crippen molar-refractivity contribution in [3.05, 3.63) is 42.2 Å². The fourth-order valence-corrected chi connectivity index (χ4v) is 1.64. The molecule has 1 aromatic heterocycles. The van der Waals surface area contributed by atoms with E-state index >= 15 is 0 Å². The van der Waals surface area contributed by atoms with Crippen LogP contribution in [0.5, 0.6) is 23.0 Å². The molecular weight excluding hydrogens is 244 g/mol. The van der Waals surface area contributed by atoms with Crippen LogP contribution in [0.2, 0.25) is 0 Å². The Balaban J connectivity index is 2.32. The van der Waals surface area contributed by atoms with Crippen LogP contribution in [0.4, 0.5) is 0 Å². The quantitative estimate of drug-likeness (QED) is 0.893. The molecule has 1 heterocycles. The Bertz CT molecular complexity index is 536. The molecule has 0 amide bonds. The van der Waals surface area contributed by atoms with Crippen LogP contribution in [0, 0.1) is 0 Å². The van der Waals surface area contributed by atoms with Crippen molar-refractivity contribution in [2.75, 3.05) is 14.2 Å². The van der Waals surface area contributed by atoms with Crippen LogP contribution in [0.25, 0.3) is 0 Å². The molecular formula is C14H16N2O3. The van der Waals surface area contributed by atoms with Gasteiger partial charge in [-0.1, -0.05) is 0 Å². The van der Waals surface area contributed by atoms with Crippen LogP contribution in [-0.2, 0) is 6.54 Å². The lowest BCUT2D eigenvalue weighted by atomic mass is 10.3. The van der Waals surface area contributed by atoms with E-state index in [1.165, 1.54) is 0 Å². The SMILES string of the molecule is COc1cc(OC)cc(Oc2cccnc2CN)c1. The van der Waals surface area contributed by atoms with Gasteiger partial charge in [0.2, 0.25) is 0 Å². The third kappa shape index (κ3) is 3.14. The molecule has 0 aliphatic rings. The highest BCUT2D eigenvalue weighted by Gasteiger charge is 2.07. The predicted octanol–water partition coefficient (Wildman–Crippen LogP) is 2.35. The topological polar surface area (TPSA) is 66.6 Å². The zero-order valence-electron chi connectivity index (χ0n) is 10.9. The Kier molecular flexibility index (Phi) is 4.20. The Morgan fingerprint density at radius 3 is 2.26 bits per heavy atom. The minimum atomic E-state index is 0.317. The second-order valence-corrected chi connectivity index (χ2v) is 3.80. The second-order valence-electron chi connectivity index (χ2n) is 3.80. The molecule has 19 heavy (non-hydrogen) atoms. The minimum Gasteiger partial charge on any atom is -0.496 e. The Morgan fingerprint density at radius 2 is 1.68 bits per heavy atom.